The number of aromatic nitrogens is 1. The number of carbonyl (C=O) groups is 1. The van der Waals surface area contributed by atoms with Crippen molar-refractivity contribution in [1.29, 1.82) is 0 Å². The normalized spacial score (nSPS) is 27.0. The third-order valence-electron chi connectivity index (χ3n) is 7.73. The van der Waals surface area contributed by atoms with Crippen molar-refractivity contribution < 1.29 is 22.8 Å². The van der Waals surface area contributed by atoms with Crippen LogP contribution >= 0.6 is 0 Å². The molecule has 2 heterocycles. The van der Waals surface area contributed by atoms with Crippen LogP contribution in [0.5, 0.6) is 0 Å². The highest BCUT2D eigenvalue weighted by Crippen LogP contribution is 2.63. The Labute approximate surface area is 197 Å². The quantitative estimate of drug-likeness (QED) is 0.481. The number of rotatable bonds is 5. The summed E-state index contributed by atoms with van der Waals surface area (Å²) in [5, 5.41) is 16.9. The van der Waals surface area contributed by atoms with Gasteiger partial charge in [-0.3, -0.25) is 4.72 Å². The van der Waals surface area contributed by atoms with E-state index in [2.05, 4.69) is 15.2 Å². The molecular formula is C25H25N3O5S. The van der Waals surface area contributed by atoms with E-state index in [9.17, 15) is 18.3 Å². The number of nitrogens with one attached hydrogen (secondary N) is 2. The Hall–Kier alpha value is -3.33. The zero-order chi connectivity index (χ0) is 23.6. The van der Waals surface area contributed by atoms with E-state index in [1.54, 1.807) is 43.3 Å². The number of carboxylic acids is 1. The van der Waals surface area contributed by atoms with Gasteiger partial charge in [0.25, 0.3) is 10.0 Å². The summed E-state index contributed by atoms with van der Waals surface area (Å²) in [5.41, 5.74) is 3.19. The summed E-state index contributed by atoms with van der Waals surface area (Å²) in [4.78, 5) is 11.8. The van der Waals surface area contributed by atoms with Gasteiger partial charge in [0.1, 0.15) is 5.76 Å². The molecule has 0 radical (unpaired) electrons. The van der Waals surface area contributed by atoms with Gasteiger partial charge in [-0.05, 0) is 91.3 Å². The summed E-state index contributed by atoms with van der Waals surface area (Å²) < 4.78 is 33.6. The summed E-state index contributed by atoms with van der Waals surface area (Å²) in [5.74, 6) is 1.31. The van der Waals surface area contributed by atoms with Crippen LogP contribution < -0.4 is 10.0 Å². The summed E-state index contributed by atoms with van der Waals surface area (Å²) in [6.45, 7) is 1.70. The van der Waals surface area contributed by atoms with Gasteiger partial charge in [0.15, 0.2) is 5.82 Å². The van der Waals surface area contributed by atoms with Gasteiger partial charge in [0, 0.05) is 11.8 Å². The highest BCUT2D eigenvalue weighted by molar-refractivity contribution is 7.92. The molecule has 34 heavy (non-hydrogen) atoms. The van der Waals surface area contributed by atoms with Gasteiger partial charge in [-0.25, -0.2) is 13.2 Å². The van der Waals surface area contributed by atoms with Crippen LogP contribution in [0.3, 0.4) is 0 Å². The van der Waals surface area contributed by atoms with E-state index in [0.29, 0.717) is 23.5 Å². The Morgan fingerprint density at radius 1 is 1.15 bits per heavy atom. The first-order valence-corrected chi connectivity index (χ1v) is 13.0. The van der Waals surface area contributed by atoms with Crippen molar-refractivity contribution in [2.45, 2.75) is 43.0 Å². The van der Waals surface area contributed by atoms with Crippen LogP contribution in [0.4, 0.5) is 11.5 Å². The number of sulfonamides is 1. The van der Waals surface area contributed by atoms with Gasteiger partial charge in [0.2, 0.25) is 0 Å². The fourth-order valence-electron chi connectivity index (χ4n) is 6.44. The lowest BCUT2D eigenvalue weighted by Crippen LogP contribution is -2.35. The fraction of sp³-hybridized carbons (Fsp3) is 0.360. The molecule has 1 aromatic heterocycles. The fourth-order valence-corrected chi connectivity index (χ4v) is 7.46. The number of benzene rings is 2. The standard InChI is InChI=1S/C25H25N3O5S/c1-13-9-21(27-33-13)28-34(31,32)18-7-8-20-19(12-18)22-14-5-6-15(10-14)23(22)24(26-20)16-3-2-4-17(11-16)25(29)30/h2-4,7-9,11-12,14-15,22-24,26H,5-6,10H2,1H3,(H,27,28)(H,29,30)/t14-,15+,22-,23+,24+/m1/s1. The Kier molecular flexibility index (Phi) is 4.74. The zero-order valence-corrected chi connectivity index (χ0v) is 19.4. The van der Waals surface area contributed by atoms with Crippen LogP contribution in [0.25, 0.3) is 0 Å². The van der Waals surface area contributed by atoms with Gasteiger partial charge in [-0.1, -0.05) is 17.3 Å². The number of hydrogen-bond donors (Lipinski definition) is 3. The molecule has 0 unspecified atom stereocenters. The summed E-state index contributed by atoms with van der Waals surface area (Å²) in [6.07, 6.45) is 3.42. The summed E-state index contributed by atoms with van der Waals surface area (Å²) in [6, 6.07) is 13.9. The highest BCUT2D eigenvalue weighted by Gasteiger charge is 2.54. The van der Waals surface area contributed by atoms with Crippen LogP contribution in [0, 0.1) is 24.7 Å². The SMILES string of the molecule is Cc1cc(NS(=O)(=O)c2ccc3c(c2)[C@H]2[C@@H]4CC[C@@H](C4)[C@@H]2[C@H](c2cccc(C(=O)O)c2)N3)no1. The molecule has 0 spiro atoms. The molecule has 3 aliphatic rings. The zero-order valence-electron chi connectivity index (χ0n) is 18.6. The molecular weight excluding hydrogens is 454 g/mol. The van der Waals surface area contributed by atoms with Gasteiger partial charge in [-0.15, -0.1) is 0 Å². The van der Waals surface area contributed by atoms with Crippen LogP contribution in [0.1, 0.15) is 58.5 Å². The first-order valence-electron chi connectivity index (χ1n) is 11.5. The minimum atomic E-state index is -3.82. The highest BCUT2D eigenvalue weighted by atomic mass is 32.2. The van der Waals surface area contributed by atoms with E-state index in [0.717, 1.165) is 36.1 Å². The van der Waals surface area contributed by atoms with Gasteiger partial charge in [0.05, 0.1) is 16.5 Å². The molecule has 3 aromatic rings. The molecule has 2 bridgehead atoms. The van der Waals surface area contributed by atoms with Crippen molar-refractivity contribution in [2.75, 3.05) is 10.0 Å². The summed E-state index contributed by atoms with van der Waals surface area (Å²) >= 11 is 0. The molecule has 2 saturated carbocycles. The maximum Gasteiger partial charge on any atom is 0.335 e. The van der Waals surface area contributed by atoms with Crippen molar-refractivity contribution in [2.24, 2.45) is 17.8 Å². The number of hydrogen-bond acceptors (Lipinski definition) is 6. The predicted molar refractivity (Wildman–Crippen MR) is 125 cm³/mol. The average molecular weight is 480 g/mol. The topological polar surface area (TPSA) is 122 Å². The Balaban J connectivity index is 1.39. The number of anilines is 2. The molecule has 2 aromatic carbocycles. The van der Waals surface area contributed by atoms with E-state index >= 15 is 0 Å². The smallest absolute Gasteiger partial charge is 0.335 e. The predicted octanol–water partition coefficient (Wildman–Crippen LogP) is 4.78. The average Bonchev–Trinajstić information content (AvgIpc) is 3.55. The second kappa shape index (κ2) is 7.59. The molecule has 8 nitrogen and oxygen atoms in total. The van der Waals surface area contributed by atoms with E-state index in [-0.39, 0.29) is 28.2 Å². The lowest BCUT2D eigenvalue weighted by molar-refractivity contribution is 0.0696. The van der Waals surface area contributed by atoms with Crippen molar-refractivity contribution >= 4 is 27.5 Å². The van der Waals surface area contributed by atoms with Crippen molar-refractivity contribution in [1.82, 2.24) is 5.16 Å². The van der Waals surface area contributed by atoms with Crippen LogP contribution in [0.2, 0.25) is 0 Å². The molecule has 6 rings (SSSR count). The van der Waals surface area contributed by atoms with E-state index in [4.69, 9.17) is 4.52 Å². The lowest BCUT2D eigenvalue weighted by atomic mass is 9.68. The first kappa shape index (κ1) is 21.2. The third-order valence-corrected chi connectivity index (χ3v) is 9.08. The second-order valence-electron chi connectivity index (χ2n) is 9.67. The van der Waals surface area contributed by atoms with Crippen molar-refractivity contribution in [3.63, 3.8) is 0 Å². The van der Waals surface area contributed by atoms with E-state index in [1.165, 1.54) is 0 Å². The number of aromatic carboxylic acids is 1. The summed E-state index contributed by atoms with van der Waals surface area (Å²) in [7, 11) is -3.82. The number of carboxylic acid groups (broad SMARTS) is 1. The molecule has 0 saturated heterocycles. The number of nitrogens with zero attached hydrogens (tertiary/aromatic N) is 1. The Morgan fingerprint density at radius 2 is 1.97 bits per heavy atom. The largest absolute Gasteiger partial charge is 0.478 e. The van der Waals surface area contributed by atoms with E-state index < -0.39 is 16.0 Å². The third kappa shape index (κ3) is 3.37. The Bertz CT molecular complexity index is 1400. The minimum Gasteiger partial charge on any atom is -0.478 e. The van der Waals surface area contributed by atoms with Crippen molar-refractivity contribution in [3.05, 3.63) is 71.0 Å². The van der Waals surface area contributed by atoms with Crippen LogP contribution in [-0.2, 0) is 10.0 Å². The molecule has 3 N–H and O–H groups in total. The van der Waals surface area contributed by atoms with Crippen LogP contribution in [-0.4, -0.2) is 24.7 Å². The van der Waals surface area contributed by atoms with Gasteiger partial charge >= 0.3 is 5.97 Å². The molecule has 2 fully saturated rings. The molecule has 5 atom stereocenters. The number of fused-ring (bicyclic) bond motifs is 7. The minimum absolute atomic E-state index is 0.00853. The van der Waals surface area contributed by atoms with Crippen LogP contribution in [0.15, 0.2) is 57.9 Å². The van der Waals surface area contributed by atoms with E-state index in [1.807, 2.05) is 12.1 Å². The molecule has 1 aliphatic heterocycles. The van der Waals surface area contributed by atoms with Gasteiger partial charge in [-0.2, -0.15) is 0 Å². The monoisotopic (exact) mass is 479 g/mol. The Morgan fingerprint density at radius 3 is 2.74 bits per heavy atom. The van der Waals surface area contributed by atoms with Gasteiger partial charge < -0.3 is 14.9 Å². The molecule has 0 amide bonds. The maximum atomic E-state index is 13.1. The molecule has 9 heteroatoms. The van der Waals surface area contributed by atoms with Crippen molar-refractivity contribution in [3.8, 4) is 0 Å². The molecule has 176 valence electrons. The first-order chi connectivity index (χ1) is 16.3. The second-order valence-corrected chi connectivity index (χ2v) is 11.3. The lowest BCUT2D eigenvalue weighted by Gasteiger charge is -2.43. The maximum absolute atomic E-state index is 13.1. The number of aryl methyl sites for hydroxylation is 1. The molecule has 2 aliphatic carbocycles.